The molecule has 6 heteroatoms. The van der Waals surface area contributed by atoms with Crippen LogP contribution in [0.4, 0.5) is 0 Å². The minimum Gasteiger partial charge on any atom is -0.487 e. The Morgan fingerprint density at radius 3 is 2.42 bits per heavy atom. The molecule has 0 aliphatic carbocycles. The van der Waals surface area contributed by atoms with Gasteiger partial charge >= 0.3 is 5.97 Å². The predicted molar refractivity (Wildman–Crippen MR) is 110 cm³/mol. The number of rotatable bonds is 4. The number of ether oxygens (including phenoxy) is 2. The highest BCUT2D eigenvalue weighted by Gasteiger charge is 2.20. The standard InChI is InChI=1S/C18H13I2NO3/c1-11-21-16(18(22)24-11)9-13-7-14(19)17(15(20)8-13)23-10-12-5-3-2-4-6-12/h2-9H,10H2,1H3/b16-9+. The number of cyclic esters (lactones) is 1. The molecule has 0 saturated carbocycles. The Kier molecular flexibility index (Phi) is 5.54. The van der Waals surface area contributed by atoms with Crippen LogP contribution in [-0.4, -0.2) is 11.9 Å². The third-order valence-electron chi connectivity index (χ3n) is 3.28. The lowest BCUT2D eigenvalue weighted by Gasteiger charge is -2.11. The summed E-state index contributed by atoms with van der Waals surface area (Å²) in [6, 6.07) is 14.0. The molecule has 1 aliphatic rings. The van der Waals surface area contributed by atoms with Crippen molar-refractivity contribution in [2.75, 3.05) is 0 Å². The van der Waals surface area contributed by atoms with Crippen LogP contribution in [0.1, 0.15) is 18.1 Å². The van der Waals surface area contributed by atoms with Gasteiger partial charge in [-0.05, 0) is 74.5 Å². The third kappa shape index (κ3) is 4.15. The molecule has 2 aromatic carbocycles. The minimum atomic E-state index is -0.415. The minimum absolute atomic E-state index is 0.317. The molecule has 122 valence electrons. The summed E-state index contributed by atoms with van der Waals surface area (Å²) in [4.78, 5) is 15.7. The van der Waals surface area contributed by atoms with Gasteiger partial charge < -0.3 is 9.47 Å². The van der Waals surface area contributed by atoms with Gasteiger partial charge in [-0.25, -0.2) is 9.79 Å². The van der Waals surface area contributed by atoms with E-state index in [-0.39, 0.29) is 0 Å². The molecule has 24 heavy (non-hydrogen) atoms. The Balaban J connectivity index is 1.81. The molecule has 0 amide bonds. The van der Waals surface area contributed by atoms with Crippen LogP contribution in [-0.2, 0) is 16.1 Å². The number of carbonyl (C=O) groups excluding carboxylic acids is 1. The summed E-state index contributed by atoms with van der Waals surface area (Å²) in [5.74, 6) is 0.802. The van der Waals surface area contributed by atoms with Gasteiger partial charge in [0.1, 0.15) is 12.4 Å². The van der Waals surface area contributed by atoms with Crippen LogP contribution in [0.3, 0.4) is 0 Å². The molecule has 0 unspecified atom stereocenters. The second kappa shape index (κ2) is 7.64. The van der Waals surface area contributed by atoms with Crippen LogP contribution >= 0.6 is 45.2 Å². The molecular formula is C18H13I2NO3. The Labute approximate surface area is 167 Å². The second-order valence-corrected chi connectivity index (χ2v) is 7.46. The van der Waals surface area contributed by atoms with Crippen molar-refractivity contribution in [3.8, 4) is 5.75 Å². The first-order valence-electron chi connectivity index (χ1n) is 7.18. The summed E-state index contributed by atoms with van der Waals surface area (Å²) < 4.78 is 12.9. The van der Waals surface area contributed by atoms with Crippen molar-refractivity contribution < 1.29 is 14.3 Å². The number of nitrogens with zero attached hydrogens (tertiary/aromatic N) is 1. The van der Waals surface area contributed by atoms with E-state index >= 15 is 0 Å². The Hall–Kier alpha value is -1.42. The number of halogens is 2. The highest BCUT2D eigenvalue weighted by molar-refractivity contribution is 14.1. The van der Waals surface area contributed by atoms with E-state index in [1.54, 1.807) is 13.0 Å². The molecule has 1 heterocycles. The normalized spacial score (nSPS) is 15.4. The summed E-state index contributed by atoms with van der Waals surface area (Å²) in [6.07, 6.45) is 1.73. The lowest BCUT2D eigenvalue weighted by atomic mass is 10.2. The first-order valence-corrected chi connectivity index (χ1v) is 9.33. The van der Waals surface area contributed by atoms with E-state index < -0.39 is 5.97 Å². The maximum absolute atomic E-state index is 11.7. The second-order valence-electron chi connectivity index (χ2n) is 5.14. The number of esters is 1. The van der Waals surface area contributed by atoms with Crippen molar-refractivity contribution in [3.63, 3.8) is 0 Å². The van der Waals surface area contributed by atoms with Gasteiger partial charge in [0.05, 0.1) is 7.14 Å². The largest absolute Gasteiger partial charge is 0.487 e. The van der Waals surface area contributed by atoms with Gasteiger partial charge in [-0.2, -0.15) is 0 Å². The van der Waals surface area contributed by atoms with E-state index in [9.17, 15) is 4.79 Å². The van der Waals surface area contributed by atoms with E-state index in [4.69, 9.17) is 9.47 Å². The molecular weight excluding hydrogens is 532 g/mol. The summed E-state index contributed by atoms with van der Waals surface area (Å²) in [6.45, 7) is 2.18. The molecule has 0 radical (unpaired) electrons. The predicted octanol–water partition coefficient (Wildman–Crippen LogP) is 4.79. The van der Waals surface area contributed by atoms with Crippen molar-refractivity contribution in [3.05, 3.63) is 66.4 Å². The average Bonchev–Trinajstić information content (AvgIpc) is 2.85. The van der Waals surface area contributed by atoms with Crippen LogP contribution < -0.4 is 4.74 Å². The maximum Gasteiger partial charge on any atom is 0.363 e. The SMILES string of the molecule is CC1=N/C(=C/c2cc(I)c(OCc3ccccc3)c(I)c2)C(=O)O1. The smallest absolute Gasteiger partial charge is 0.363 e. The van der Waals surface area contributed by atoms with Gasteiger partial charge in [-0.15, -0.1) is 0 Å². The van der Waals surface area contributed by atoms with Crippen LogP contribution in [0.15, 0.2) is 53.2 Å². The zero-order valence-corrected chi connectivity index (χ0v) is 17.1. The molecule has 0 bridgehead atoms. The van der Waals surface area contributed by atoms with Gasteiger partial charge in [-0.1, -0.05) is 30.3 Å². The van der Waals surface area contributed by atoms with Crippen LogP contribution in [0.5, 0.6) is 5.75 Å². The molecule has 0 N–H and O–H groups in total. The molecule has 0 aromatic heterocycles. The van der Waals surface area contributed by atoms with Gasteiger partial charge in [0.25, 0.3) is 0 Å². The Morgan fingerprint density at radius 1 is 1.17 bits per heavy atom. The molecule has 2 aromatic rings. The van der Waals surface area contributed by atoms with Gasteiger partial charge in [0.2, 0.25) is 0 Å². The molecule has 0 saturated heterocycles. The lowest BCUT2D eigenvalue weighted by molar-refractivity contribution is -0.130. The zero-order chi connectivity index (χ0) is 17.1. The van der Waals surface area contributed by atoms with E-state index in [1.165, 1.54) is 0 Å². The maximum atomic E-state index is 11.7. The van der Waals surface area contributed by atoms with E-state index in [1.807, 2.05) is 42.5 Å². The van der Waals surface area contributed by atoms with Crippen molar-refractivity contribution in [1.29, 1.82) is 0 Å². The lowest BCUT2D eigenvalue weighted by Crippen LogP contribution is -2.01. The fourth-order valence-corrected chi connectivity index (χ4v) is 4.33. The quantitative estimate of drug-likeness (QED) is 0.316. The number of carbonyl (C=O) groups is 1. The van der Waals surface area contributed by atoms with Crippen LogP contribution in [0, 0.1) is 7.14 Å². The molecule has 0 fully saturated rings. The summed E-state index contributed by atoms with van der Waals surface area (Å²) in [5.41, 5.74) is 2.33. The first-order chi connectivity index (χ1) is 11.5. The summed E-state index contributed by atoms with van der Waals surface area (Å²) >= 11 is 4.48. The fraction of sp³-hybridized carbons (Fsp3) is 0.111. The van der Waals surface area contributed by atoms with Gasteiger partial charge in [-0.3, -0.25) is 0 Å². The van der Waals surface area contributed by atoms with E-state index in [0.717, 1.165) is 24.0 Å². The highest BCUT2D eigenvalue weighted by atomic mass is 127. The van der Waals surface area contributed by atoms with E-state index in [2.05, 4.69) is 50.2 Å². The zero-order valence-electron chi connectivity index (χ0n) is 12.8. The van der Waals surface area contributed by atoms with Gasteiger partial charge in [0.15, 0.2) is 11.6 Å². The Morgan fingerprint density at radius 2 is 1.83 bits per heavy atom. The number of hydrogen-bond acceptors (Lipinski definition) is 4. The highest BCUT2D eigenvalue weighted by Crippen LogP contribution is 2.31. The van der Waals surface area contributed by atoms with Crippen LogP contribution in [0.25, 0.3) is 6.08 Å². The fourth-order valence-electron chi connectivity index (χ4n) is 2.20. The molecule has 4 nitrogen and oxygen atoms in total. The Bertz CT molecular complexity index is 822. The molecule has 1 aliphatic heterocycles. The monoisotopic (exact) mass is 545 g/mol. The summed E-state index contributed by atoms with van der Waals surface area (Å²) in [7, 11) is 0. The number of benzene rings is 2. The van der Waals surface area contributed by atoms with Crippen molar-refractivity contribution in [2.24, 2.45) is 4.99 Å². The van der Waals surface area contributed by atoms with Gasteiger partial charge in [0, 0.05) is 6.92 Å². The third-order valence-corrected chi connectivity index (χ3v) is 4.88. The molecule has 0 spiro atoms. The molecule has 0 atom stereocenters. The van der Waals surface area contributed by atoms with Crippen molar-refractivity contribution in [1.82, 2.24) is 0 Å². The van der Waals surface area contributed by atoms with Crippen molar-refractivity contribution in [2.45, 2.75) is 13.5 Å². The first kappa shape index (κ1) is 17.4. The van der Waals surface area contributed by atoms with Crippen molar-refractivity contribution >= 4 is 63.1 Å². The molecule has 3 rings (SSSR count). The topological polar surface area (TPSA) is 47.9 Å². The number of aliphatic imine (C=N–C) groups is 1. The average molecular weight is 545 g/mol. The summed E-state index contributed by atoms with van der Waals surface area (Å²) in [5, 5.41) is 0. The van der Waals surface area contributed by atoms with E-state index in [0.29, 0.717) is 18.2 Å². The van der Waals surface area contributed by atoms with Crippen LogP contribution in [0.2, 0.25) is 0 Å². The number of hydrogen-bond donors (Lipinski definition) is 0.